The SMILES string of the molecule is Cc1c(S(=O)(=O)c2ccc(Cl)cc2)cc(C(=O)NCc2c(F)ccc3nccnc23)n1C. The van der Waals surface area contributed by atoms with Crippen LogP contribution in [0.25, 0.3) is 11.0 Å². The number of nitrogens with zero attached hydrogens (tertiary/aromatic N) is 3. The van der Waals surface area contributed by atoms with Crippen LogP contribution in [0, 0.1) is 12.7 Å². The molecule has 0 spiro atoms. The largest absolute Gasteiger partial charge is 0.346 e. The molecule has 0 bridgehead atoms. The second-order valence-electron chi connectivity index (χ2n) is 7.13. The predicted molar refractivity (Wildman–Crippen MR) is 118 cm³/mol. The van der Waals surface area contributed by atoms with Crippen LogP contribution in [0.5, 0.6) is 0 Å². The van der Waals surface area contributed by atoms with Gasteiger partial charge in [0.25, 0.3) is 5.91 Å². The maximum atomic E-state index is 14.4. The number of aromatic nitrogens is 3. The van der Waals surface area contributed by atoms with E-state index in [-0.39, 0.29) is 27.6 Å². The normalized spacial score (nSPS) is 11.6. The van der Waals surface area contributed by atoms with Crippen LogP contribution in [0.4, 0.5) is 4.39 Å². The Morgan fingerprint density at radius 3 is 2.53 bits per heavy atom. The molecule has 0 saturated heterocycles. The van der Waals surface area contributed by atoms with Crippen LogP contribution in [0.15, 0.2) is 64.6 Å². The minimum absolute atomic E-state index is 0.00896. The van der Waals surface area contributed by atoms with Crippen LogP contribution in [0.2, 0.25) is 5.02 Å². The third-order valence-electron chi connectivity index (χ3n) is 5.25. The molecular weight excluding hydrogens is 455 g/mol. The van der Waals surface area contributed by atoms with Crippen molar-refractivity contribution in [1.82, 2.24) is 19.9 Å². The molecule has 1 amide bonds. The lowest BCUT2D eigenvalue weighted by Gasteiger charge is -2.09. The number of nitrogens with one attached hydrogen (secondary N) is 1. The third kappa shape index (κ3) is 3.85. The van der Waals surface area contributed by atoms with Gasteiger partial charge in [-0.25, -0.2) is 12.8 Å². The first-order chi connectivity index (χ1) is 15.2. The van der Waals surface area contributed by atoms with Crippen LogP contribution < -0.4 is 5.32 Å². The Morgan fingerprint density at radius 2 is 1.81 bits per heavy atom. The Kier molecular flexibility index (Phi) is 5.70. The van der Waals surface area contributed by atoms with E-state index in [0.717, 1.165) is 0 Å². The third-order valence-corrected chi connectivity index (χ3v) is 7.39. The molecule has 1 N–H and O–H groups in total. The second kappa shape index (κ2) is 8.33. The summed E-state index contributed by atoms with van der Waals surface area (Å²) in [4.78, 5) is 21.2. The van der Waals surface area contributed by atoms with Crippen molar-refractivity contribution in [3.63, 3.8) is 0 Å². The Hall–Kier alpha value is -3.30. The van der Waals surface area contributed by atoms with Crippen molar-refractivity contribution in [1.29, 1.82) is 0 Å². The van der Waals surface area contributed by atoms with E-state index in [1.807, 2.05) is 0 Å². The molecule has 0 aliphatic heterocycles. The Labute approximate surface area is 188 Å². The lowest BCUT2D eigenvalue weighted by molar-refractivity contribution is 0.0942. The summed E-state index contributed by atoms with van der Waals surface area (Å²) in [5.74, 6) is -1.07. The van der Waals surface area contributed by atoms with Crippen LogP contribution in [-0.4, -0.2) is 28.9 Å². The van der Waals surface area contributed by atoms with Crippen molar-refractivity contribution in [2.24, 2.45) is 7.05 Å². The van der Waals surface area contributed by atoms with E-state index in [0.29, 0.717) is 21.7 Å². The van der Waals surface area contributed by atoms with Crippen LogP contribution in [0.1, 0.15) is 21.7 Å². The van der Waals surface area contributed by atoms with Gasteiger partial charge in [-0.1, -0.05) is 11.6 Å². The first kappa shape index (κ1) is 21.9. The highest BCUT2D eigenvalue weighted by molar-refractivity contribution is 7.91. The fourth-order valence-corrected chi connectivity index (χ4v) is 5.07. The topological polar surface area (TPSA) is 93.9 Å². The molecule has 32 heavy (non-hydrogen) atoms. The molecule has 2 aromatic carbocycles. The Morgan fingerprint density at radius 1 is 1.12 bits per heavy atom. The summed E-state index contributed by atoms with van der Waals surface area (Å²) < 4.78 is 42.0. The average molecular weight is 473 g/mol. The standard InChI is InChI=1S/C22H18ClFN4O3S/c1-13-20(32(30,31)15-5-3-14(23)4-6-15)11-19(28(13)2)22(29)27-12-16-17(24)7-8-18-21(16)26-10-9-25-18/h3-11H,12H2,1-2H3,(H,27,29). The summed E-state index contributed by atoms with van der Waals surface area (Å²) in [6, 6.07) is 9.89. The average Bonchev–Trinajstić information content (AvgIpc) is 3.08. The van der Waals surface area contributed by atoms with Gasteiger partial charge in [-0.05, 0) is 49.4 Å². The highest BCUT2D eigenvalue weighted by Crippen LogP contribution is 2.27. The number of rotatable bonds is 5. The number of halogens is 2. The van der Waals surface area contributed by atoms with Gasteiger partial charge >= 0.3 is 0 Å². The van der Waals surface area contributed by atoms with E-state index in [9.17, 15) is 17.6 Å². The summed E-state index contributed by atoms with van der Waals surface area (Å²) in [5.41, 5.74) is 1.57. The number of carbonyl (C=O) groups is 1. The van der Waals surface area contributed by atoms with Gasteiger partial charge in [0, 0.05) is 42.3 Å². The smallest absolute Gasteiger partial charge is 0.268 e. The molecule has 0 fully saturated rings. The number of hydrogen-bond acceptors (Lipinski definition) is 5. The van der Waals surface area contributed by atoms with Gasteiger partial charge in [-0.15, -0.1) is 0 Å². The van der Waals surface area contributed by atoms with E-state index in [4.69, 9.17) is 11.6 Å². The summed E-state index contributed by atoms with van der Waals surface area (Å²) in [6.07, 6.45) is 2.94. The maximum Gasteiger partial charge on any atom is 0.268 e. The molecule has 10 heteroatoms. The molecule has 0 saturated carbocycles. The highest BCUT2D eigenvalue weighted by Gasteiger charge is 2.26. The van der Waals surface area contributed by atoms with Crippen LogP contribution in [0.3, 0.4) is 0 Å². The molecule has 0 aliphatic rings. The van der Waals surface area contributed by atoms with Crippen molar-refractivity contribution in [3.8, 4) is 0 Å². The molecule has 7 nitrogen and oxygen atoms in total. The first-order valence-corrected chi connectivity index (χ1v) is 11.4. The number of benzene rings is 2. The molecular formula is C22H18ClFN4O3S. The zero-order valence-corrected chi connectivity index (χ0v) is 18.7. The van der Waals surface area contributed by atoms with Gasteiger partial charge in [-0.3, -0.25) is 14.8 Å². The van der Waals surface area contributed by atoms with Crippen molar-refractivity contribution in [2.45, 2.75) is 23.3 Å². The monoisotopic (exact) mass is 472 g/mol. The van der Waals surface area contributed by atoms with Crippen molar-refractivity contribution in [3.05, 3.63) is 82.6 Å². The quantitative estimate of drug-likeness (QED) is 0.476. The summed E-state index contributed by atoms with van der Waals surface area (Å²) in [6.45, 7) is 1.48. The molecule has 4 rings (SSSR count). The van der Waals surface area contributed by atoms with Gasteiger partial charge in [0.2, 0.25) is 9.84 Å². The van der Waals surface area contributed by atoms with Gasteiger partial charge < -0.3 is 9.88 Å². The molecule has 0 atom stereocenters. The van der Waals surface area contributed by atoms with Gasteiger partial charge in [0.05, 0.1) is 20.8 Å². The van der Waals surface area contributed by atoms with Gasteiger partial charge in [0.15, 0.2) is 0 Å². The lowest BCUT2D eigenvalue weighted by Crippen LogP contribution is -2.25. The predicted octanol–water partition coefficient (Wildman–Crippen LogP) is 3.83. The van der Waals surface area contributed by atoms with E-state index in [2.05, 4.69) is 15.3 Å². The number of sulfone groups is 1. The van der Waals surface area contributed by atoms with E-state index in [1.165, 1.54) is 59.4 Å². The van der Waals surface area contributed by atoms with Gasteiger partial charge in [0.1, 0.15) is 11.5 Å². The van der Waals surface area contributed by atoms with Crippen molar-refractivity contribution >= 4 is 38.4 Å². The summed E-state index contributed by atoms with van der Waals surface area (Å²) >= 11 is 5.86. The zero-order chi connectivity index (χ0) is 23.0. The second-order valence-corrected chi connectivity index (χ2v) is 9.48. The first-order valence-electron chi connectivity index (χ1n) is 9.53. The van der Waals surface area contributed by atoms with E-state index < -0.39 is 21.6 Å². The molecule has 0 unspecified atom stereocenters. The van der Waals surface area contributed by atoms with Crippen LogP contribution in [-0.2, 0) is 23.4 Å². The van der Waals surface area contributed by atoms with Crippen LogP contribution >= 0.6 is 11.6 Å². The highest BCUT2D eigenvalue weighted by atomic mass is 35.5. The summed E-state index contributed by atoms with van der Waals surface area (Å²) in [7, 11) is -2.27. The molecule has 0 radical (unpaired) electrons. The molecule has 0 aliphatic carbocycles. The summed E-state index contributed by atoms with van der Waals surface area (Å²) in [5, 5.41) is 3.06. The molecule has 2 aromatic heterocycles. The fraction of sp³-hybridized carbons (Fsp3) is 0.136. The lowest BCUT2D eigenvalue weighted by atomic mass is 10.1. The molecule has 164 valence electrons. The zero-order valence-electron chi connectivity index (χ0n) is 17.1. The van der Waals surface area contributed by atoms with E-state index in [1.54, 1.807) is 14.0 Å². The van der Waals surface area contributed by atoms with Crippen molar-refractivity contribution < 1.29 is 17.6 Å². The van der Waals surface area contributed by atoms with Gasteiger partial charge in [-0.2, -0.15) is 0 Å². The maximum absolute atomic E-state index is 14.4. The molecule has 4 aromatic rings. The van der Waals surface area contributed by atoms with Crippen molar-refractivity contribution in [2.75, 3.05) is 0 Å². The Bertz CT molecular complexity index is 1450. The van der Waals surface area contributed by atoms with E-state index >= 15 is 0 Å². The molecule has 2 heterocycles. The number of carbonyl (C=O) groups excluding carboxylic acids is 1. The minimum atomic E-state index is -3.86. The number of amides is 1. The number of hydrogen-bond donors (Lipinski definition) is 1. The number of fused-ring (bicyclic) bond motifs is 1. The fourth-order valence-electron chi connectivity index (χ4n) is 3.40. The minimum Gasteiger partial charge on any atom is -0.346 e. The Balaban J connectivity index is 1.64.